The molecular weight excluding hydrogens is 320 g/mol. The van der Waals surface area contributed by atoms with Crippen LogP contribution in [0.25, 0.3) is 0 Å². The van der Waals surface area contributed by atoms with Crippen LogP contribution in [0.5, 0.6) is 0 Å². The van der Waals surface area contributed by atoms with E-state index in [2.05, 4.69) is 0 Å². The summed E-state index contributed by atoms with van der Waals surface area (Å²) in [5, 5.41) is 0. The van der Waals surface area contributed by atoms with Gasteiger partial charge < -0.3 is 9.47 Å². The molecule has 0 fully saturated rings. The van der Waals surface area contributed by atoms with Crippen molar-refractivity contribution >= 4 is 16.1 Å². The number of esters is 1. The van der Waals surface area contributed by atoms with E-state index in [1.54, 1.807) is 20.8 Å². The van der Waals surface area contributed by atoms with Crippen LogP contribution in [0.2, 0.25) is 0 Å². The van der Waals surface area contributed by atoms with Gasteiger partial charge in [0.15, 0.2) is 6.10 Å². The molecule has 0 bridgehead atoms. The second-order valence-corrected chi connectivity index (χ2v) is 7.75. The molecule has 23 heavy (non-hydrogen) atoms. The van der Waals surface area contributed by atoms with Crippen molar-refractivity contribution in [3.8, 4) is 0 Å². The van der Waals surface area contributed by atoms with Gasteiger partial charge in [0.1, 0.15) is 5.60 Å². The summed E-state index contributed by atoms with van der Waals surface area (Å²) in [5.74, 6) is -0.716. The van der Waals surface area contributed by atoms with E-state index in [4.69, 9.17) is 13.7 Å². The standard InChI is InChI=1S/C16H24O6S/c1-16(2,3)21-15(17)14(22-23(4,18)19)10-11-20-12-13-8-6-5-7-9-13/h5-9,14H,10-12H2,1-4H3. The number of hydrogen-bond donors (Lipinski definition) is 0. The molecule has 1 unspecified atom stereocenters. The van der Waals surface area contributed by atoms with Crippen LogP contribution in [-0.2, 0) is 35.2 Å². The molecular formula is C16H24O6S. The lowest BCUT2D eigenvalue weighted by molar-refractivity contribution is -0.164. The Morgan fingerprint density at radius 1 is 1.17 bits per heavy atom. The fourth-order valence-corrected chi connectivity index (χ4v) is 2.34. The molecule has 6 nitrogen and oxygen atoms in total. The topological polar surface area (TPSA) is 78.9 Å². The number of ether oxygens (including phenoxy) is 2. The first-order valence-electron chi connectivity index (χ1n) is 7.29. The van der Waals surface area contributed by atoms with Gasteiger partial charge in [-0.25, -0.2) is 4.79 Å². The Morgan fingerprint density at radius 3 is 2.30 bits per heavy atom. The Labute approximate surface area is 137 Å². The highest BCUT2D eigenvalue weighted by Crippen LogP contribution is 2.13. The first kappa shape index (κ1) is 19.6. The minimum atomic E-state index is -3.77. The molecule has 1 rings (SSSR count). The summed E-state index contributed by atoms with van der Waals surface area (Å²) in [6.07, 6.45) is -0.218. The zero-order chi connectivity index (χ0) is 17.5. The van der Waals surface area contributed by atoms with Crippen LogP contribution >= 0.6 is 0 Å². The molecule has 130 valence electrons. The molecule has 0 aliphatic rings. The van der Waals surface area contributed by atoms with Crippen molar-refractivity contribution in [2.45, 2.75) is 45.5 Å². The Balaban J connectivity index is 2.54. The number of carbonyl (C=O) groups excluding carboxylic acids is 1. The lowest BCUT2D eigenvalue weighted by atomic mass is 10.2. The number of rotatable bonds is 8. The average Bonchev–Trinajstić information content (AvgIpc) is 2.40. The predicted molar refractivity (Wildman–Crippen MR) is 86.3 cm³/mol. The minimum Gasteiger partial charge on any atom is -0.458 e. The zero-order valence-electron chi connectivity index (χ0n) is 13.9. The third kappa shape index (κ3) is 9.32. The van der Waals surface area contributed by atoms with E-state index in [0.29, 0.717) is 6.61 Å². The monoisotopic (exact) mass is 344 g/mol. The smallest absolute Gasteiger partial charge is 0.337 e. The summed E-state index contributed by atoms with van der Waals surface area (Å²) < 4.78 is 38.0. The molecule has 0 spiro atoms. The molecule has 1 aromatic carbocycles. The SMILES string of the molecule is CC(C)(C)OC(=O)C(CCOCc1ccccc1)OS(C)(=O)=O. The molecule has 0 radical (unpaired) electrons. The number of hydrogen-bond acceptors (Lipinski definition) is 6. The van der Waals surface area contributed by atoms with Crippen LogP contribution in [0, 0.1) is 0 Å². The normalized spacial score (nSPS) is 13.6. The summed E-state index contributed by atoms with van der Waals surface area (Å²) in [5.41, 5.74) is 0.270. The summed E-state index contributed by atoms with van der Waals surface area (Å²) in [4.78, 5) is 12.0. The summed E-state index contributed by atoms with van der Waals surface area (Å²) in [7, 11) is -3.77. The fraction of sp³-hybridized carbons (Fsp3) is 0.562. The van der Waals surface area contributed by atoms with Crippen molar-refractivity contribution in [2.24, 2.45) is 0 Å². The van der Waals surface area contributed by atoms with Crippen LogP contribution in [0.3, 0.4) is 0 Å². The zero-order valence-corrected chi connectivity index (χ0v) is 14.8. The minimum absolute atomic E-state index is 0.0921. The third-order valence-electron chi connectivity index (χ3n) is 2.60. The molecule has 1 aromatic rings. The summed E-state index contributed by atoms with van der Waals surface area (Å²) in [6, 6.07) is 9.53. The van der Waals surface area contributed by atoms with E-state index < -0.39 is 27.8 Å². The van der Waals surface area contributed by atoms with Crippen LogP contribution in [0.4, 0.5) is 0 Å². The van der Waals surface area contributed by atoms with E-state index in [9.17, 15) is 13.2 Å². The van der Waals surface area contributed by atoms with Crippen LogP contribution in [0.15, 0.2) is 30.3 Å². The molecule has 0 aliphatic carbocycles. The lowest BCUT2D eigenvalue weighted by Gasteiger charge is -2.23. The highest BCUT2D eigenvalue weighted by atomic mass is 32.2. The Morgan fingerprint density at radius 2 is 1.78 bits per heavy atom. The van der Waals surface area contributed by atoms with Crippen LogP contribution in [-0.4, -0.2) is 39.0 Å². The molecule has 0 amide bonds. The van der Waals surface area contributed by atoms with Crippen molar-refractivity contribution in [2.75, 3.05) is 12.9 Å². The van der Waals surface area contributed by atoms with Gasteiger partial charge in [0.25, 0.3) is 10.1 Å². The molecule has 7 heteroatoms. The summed E-state index contributed by atoms with van der Waals surface area (Å²) >= 11 is 0. The van der Waals surface area contributed by atoms with Crippen molar-refractivity contribution in [3.05, 3.63) is 35.9 Å². The van der Waals surface area contributed by atoms with Gasteiger partial charge in [-0.05, 0) is 26.3 Å². The molecule has 1 atom stereocenters. The molecule has 0 saturated heterocycles. The summed E-state index contributed by atoms with van der Waals surface area (Å²) in [6.45, 7) is 5.66. The first-order valence-corrected chi connectivity index (χ1v) is 9.11. The number of carbonyl (C=O) groups is 1. The maximum atomic E-state index is 12.0. The van der Waals surface area contributed by atoms with Gasteiger partial charge >= 0.3 is 5.97 Å². The Hall–Kier alpha value is -1.44. The first-order chi connectivity index (χ1) is 10.6. The Bertz CT molecular complexity index is 589. The largest absolute Gasteiger partial charge is 0.458 e. The van der Waals surface area contributed by atoms with E-state index in [0.717, 1.165) is 11.8 Å². The van der Waals surface area contributed by atoms with Gasteiger partial charge in [0.05, 0.1) is 19.5 Å². The van der Waals surface area contributed by atoms with E-state index in [1.165, 1.54) is 0 Å². The maximum Gasteiger partial charge on any atom is 0.337 e. The molecule has 0 aliphatic heterocycles. The molecule has 0 saturated carbocycles. The van der Waals surface area contributed by atoms with E-state index >= 15 is 0 Å². The number of benzene rings is 1. The fourth-order valence-electron chi connectivity index (χ4n) is 1.74. The van der Waals surface area contributed by atoms with Crippen molar-refractivity contribution < 1.29 is 26.9 Å². The molecule has 0 N–H and O–H groups in total. The van der Waals surface area contributed by atoms with Gasteiger partial charge in [-0.2, -0.15) is 8.42 Å². The highest BCUT2D eigenvalue weighted by Gasteiger charge is 2.28. The van der Waals surface area contributed by atoms with Crippen molar-refractivity contribution in [3.63, 3.8) is 0 Å². The van der Waals surface area contributed by atoms with Gasteiger partial charge in [0.2, 0.25) is 0 Å². The second kappa shape index (κ2) is 8.42. The van der Waals surface area contributed by atoms with Crippen molar-refractivity contribution in [1.29, 1.82) is 0 Å². The Kier molecular flexibility index (Phi) is 7.18. The van der Waals surface area contributed by atoms with Crippen LogP contribution < -0.4 is 0 Å². The van der Waals surface area contributed by atoms with Gasteiger partial charge in [-0.3, -0.25) is 4.18 Å². The predicted octanol–water partition coefficient (Wildman–Crippen LogP) is 2.28. The van der Waals surface area contributed by atoms with Gasteiger partial charge in [0, 0.05) is 6.42 Å². The van der Waals surface area contributed by atoms with E-state index in [-0.39, 0.29) is 13.0 Å². The quantitative estimate of drug-likeness (QED) is 0.409. The van der Waals surface area contributed by atoms with Gasteiger partial charge in [-0.1, -0.05) is 30.3 Å². The average molecular weight is 344 g/mol. The van der Waals surface area contributed by atoms with Crippen LogP contribution in [0.1, 0.15) is 32.8 Å². The second-order valence-electron chi connectivity index (χ2n) is 6.15. The lowest BCUT2D eigenvalue weighted by Crippen LogP contribution is -2.35. The highest BCUT2D eigenvalue weighted by molar-refractivity contribution is 7.86. The van der Waals surface area contributed by atoms with Gasteiger partial charge in [-0.15, -0.1) is 0 Å². The van der Waals surface area contributed by atoms with Crippen molar-refractivity contribution in [1.82, 2.24) is 0 Å². The maximum absolute atomic E-state index is 12.0. The molecule has 0 heterocycles. The van der Waals surface area contributed by atoms with E-state index in [1.807, 2.05) is 30.3 Å². The third-order valence-corrected chi connectivity index (χ3v) is 3.18. The molecule has 0 aromatic heterocycles.